The Hall–Kier alpha value is -2.63. The molecule has 1 atom stereocenters. The van der Waals surface area contributed by atoms with Gasteiger partial charge in [0, 0.05) is 36.6 Å². The Balaban J connectivity index is 0.896. The number of carbonyl (C=O) groups is 1. The van der Waals surface area contributed by atoms with Gasteiger partial charge in [-0.2, -0.15) is 5.10 Å². The third-order valence-corrected chi connectivity index (χ3v) is 10.7. The predicted molar refractivity (Wildman–Crippen MR) is 155 cm³/mol. The maximum atomic E-state index is 13.3. The highest BCUT2D eigenvalue weighted by Gasteiger charge is 2.45. The molecule has 1 amide bonds. The first-order valence-electron chi connectivity index (χ1n) is 14.8. The second-order valence-electron chi connectivity index (χ2n) is 13.0. The molecule has 5 N–H and O–H groups in total. The minimum absolute atomic E-state index is 0.207. The van der Waals surface area contributed by atoms with E-state index in [4.69, 9.17) is 10.5 Å². The van der Waals surface area contributed by atoms with Gasteiger partial charge in [0.2, 0.25) is 5.95 Å². The third kappa shape index (κ3) is 5.00. The quantitative estimate of drug-likeness (QED) is 0.415. The molecule has 2 saturated carbocycles. The first-order valence-corrected chi connectivity index (χ1v) is 15.7. The molecular weight excluding hydrogens is 524 g/mol. The summed E-state index contributed by atoms with van der Waals surface area (Å²) in [5.74, 6) is -0.0159. The van der Waals surface area contributed by atoms with Crippen molar-refractivity contribution in [2.75, 3.05) is 25.4 Å². The number of thioether (sulfide) groups is 1. The van der Waals surface area contributed by atoms with Crippen LogP contribution in [0.15, 0.2) is 17.3 Å². The zero-order valence-electron chi connectivity index (χ0n) is 23.5. The average molecular weight is 565 g/mol. The lowest BCUT2D eigenvalue weighted by Gasteiger charge is -2.41. The number of fused-ring (bicyclic) bond motifs is 3. The molecule has 3 aliphatic carbocycles. The second kappa shape index (κ2) is 10.0. The lowest BCUT2D eigenvalue weighted by Crippen LogP contribution is -2.45. The number of hydrogen-bond donors (Lipinski definition) is 4. The molecule has 7 rings (SSSR count). The number of H-pyrrole nitrogens is 1. The molecule has 0 radical (unpaired) electrons. The summed E-state index contributed by atoms with van der Waals surface area (Å²) < 4.78 is 6.29. The number of carbonyl (C=O) groups excluding carboxylic acids is 1. The molecule has 1 saturated heterocycles. The summed E-state index contributed by atoms with van der Waals surface area (Å²) in [5, 5.41) is 16.0. The highest BCUT2D eigenvalue weighted by molar-refractivity contribution is 8.02. The molecule has 214 valence electrons. The van der Waals surface area contributed by atoms with E-state index in [1.165, 1.54) is 38.5 Å². The molecule has 1 unspecified atom stereocenters. The molecule has 11 heteroatoms. The minimum Gasteiger partial charge on any atom is -0.372 e. The van der Waals surface area contributed by atoms with Gasteiger partial charge in [-0.25, -0.2) is 9.97 Å². The maximum Gasteiger partial charge on any atom is 0.274 e. The average Bonchev–Trinajstić information content (AvgIpc) is 3.33. The van der Waals surface area contributed by atoms with Gasteiger partial charge in [-0.1, -0.05) is 25.6 Å². The fraction of sp³-hybridized carbons (Fsp3) is 0.655. The van der Waals surface area contributed by atoms with Crippen molar-refractivity contribution < 1.29 is 9.53 Å². The fourth-order valence-corrected chi connectivity index (χ4v) is 8.09. The van der Waals surface area contributed by atoms with Crippen LogP contribution >= 0.6 is 11.8 Å². The molecule has 40 heavy (non-hydrogen) atoms. The summed E-state index contributed by atoms with van der Waals surface area (Å²) in [7, 11) is 0. The Labute approximate surface area is 239 Å². The summed E-state index contributed by atoms with van der Waals surface area (Å²) in [6.07, 6.45) is 13.6. The van der Waals surface area contributed by atoms with Crippen LogP contribution in [-0.2, 0) is 16.6 Å². The van der Waals surface area contributed by atoms with Crippen LogP contribution in [0, 0.1) is 5.41 Å². The topological polar surface area (TPSA) is 134 Å². The number of anilines is 1. The maximum absolute atomic E-state index is 13.3. The zero-order chi connectivity index (χ0) is 27.5. The number of likely N-dealkylation sites (tertiary alicyclic amines) is 1. The highest BCUT2D eigenvalue weighted by Crippen LogP contribution is 2.56. The van der Waals surface area contributed by atoms with Crippen molar-refractivity contribution >= 4 is 23.6 Å². The van der Waals surface area contributed by atoms with Crippen LogP contribution in [0.25, 0.3) is 11.4 Å². The monoisotopic (exact) mass is 564 g/mol. The van der Waals surface area contributed by atoms with Gasteiger partial charge in [0.25, 0.3) is 5.91 Å². The van der Waals surface area contributed by atoms with Crippen LogP contribution in [0.3, 0.4) is 0 Å². The number of aromatic amines is 1. The summed E-state index contributed by atoms with van der Waals surface area (Å²) >= 11 is 1.55. The Morgan fingerprint density at radius 3 is 2.73 bits per heavy atom. The largest absolute Gasteiger partial charge is 0.372 e. The molecule has 0 aromatic carbocycles. The molecular formula is C29H40N8O2S. The highest BCUT2D eigenvalue weighted by atomic mass is 32.2. The third-order valence-electron chi connectivity index (χ3n) is 9.78. The summed E-state index contributed by atoms with van der Waals surface area (Å²) in [6, 6.07) is 0.791. The van der Waals surface area contributed by atoms with Crippen LogP contribution in [-0.4, -0.2) is 68.3 Å². The van der Waals surface area contributed by atoms with Crippen molar-refractivity contribution in [1.29, 1.82) is 0 Å². The standard InChI is InChI=1S/C29H40N8O2S/c1-28(2)13-17-14-31-26(30)33-22(17)23-21(28)24(36-35-23)25(38)34-27-32-18(16-40-27)15-39-20-5-11-37(12-6-20)19-3-7-29(8-4-19)9-10-29/h14,16,19-20,27,32H,3-13,15H2,1-2H3,(H,34,38)(H,35,36)(H2,30,31,33). The van der Waals surface area contributed by atoms with Crippen molar-refractivity contribution in [3.63, 3.8) is 0 Å². The SMILES string of the molecule is CC1(C)Cc2cnc(N)nc2-c2[nH]nc(C(=O)NC3NC(COC4CCN(C5CCC6(CC5)CC6)CC4)=CS3)c21. The van der Waals surface area contributed by atoms with Crippen molar-refractivity contribution in [3.05, 3.63) is 34.1 Å². The second-order valence-corrected chi connectivity index (χ2v) is 14.0. The van der Waals surface area contributed by atoms with E-state index in [0.717, 1.165) is 65.6 Å². The van der Waals surface area contributed by atoms with Gasteiger partial charge >= 0.3 is 0 Å². The van der Waals surface area contributed by atoms with Crippen LogP contribution in [0.4, 0.5) is 5.95 Å². The van der Waals surface area contributed by atoms with Crippen molar-refractivity contribution in [2.45, 2.75) is 94.7 Å². The van der Waals surface area contributed by atoms with Gasteiger partial charge in [-0.15, -0.1) is 0 Å². The number of nitrogens with one attached hydrogen (secondary N) is 3. The van der Waals surface area contributed by atoms with Gasteiger partial charge in [0.05, 0.1) is 24.1 Å². The van der Waals surface area contributed by atoms with E-state index < -0.39 is 0 Å². The summed E-state index contributed by atoms with van der Waals surface area (Å²) in [4.78, 5) is 24.6. The van der Waals surface area contributed by atoms with Gasteiger partial charge < -0.3 is 26.0 Å². The van der Waals surface area contributed by atoms with E-state index in [-0.39, 0.29) is 22.8 Å². The zero-order valence-corrected chi connectivity index (χ0v) is 24.3. The first-order chi connectivity index (χ1) is 19.3. The van der Waals surface area contributed by atoms with Gasteiger partial charge in [-0.05, 0) is 79.6 Å². The first kappa shape index (κ1) is 26.3. The van der Waals surface area contributed by atoms with Crippen molar-refractivity contribution in [2.24, 2.45) is 5.41 Å². The van der Waals surface area contributed by atoms with Crippen molar-refractivity contribution in [3.8, 4) is 11.4 Å². The molecule has 0 bridgehead atoms. The number of amides is 1. The molecule has 1 spiro atoms. The number of aromatic nitrogens is 4. The number of nitrogens with two attached hydrogens (primary N) is 1. The summed E-state index contributed by atoms with van der Waals surface area (Å²) in [5.41, 5.74) is 10.8. The van der Waals surface area contributed by atoms with Crippen LogP contribution < -0.4 is 16.4 Å². The van der Waals surface area contributed by atoms with E-state index in [1.54, 1.807) is 18.0 Å². The van der Waals surface area contributed by atoms with E-state index in [2.05, 4.69) is 55.0 Å². The number of ether oxygens (including phenoxy) is 1. The Morgan fingerprint density at radius 2 is 1.98 bits per heavy atom. The Kier molecular flexibility index (Phi) is 6.59. The Morgan fingerprint density at radius 1 is 1.20 bits per heavy atom. The molecule has 3 fully saturated rings. The predicted octanol–water partition coefficient (Wildman–Crippen LogP) is 3.68. The van der Waals surface area contributed by atoms with Crippen molar-refractivity contribution in [1.82, 2.24) is 35.7 Å². The van der Waals surface area contributed by atoms with Crippen LogP contribution in [0.5, 0.6) is 0 Å². The molecule has 10 nitrogen and oxygen atoms in total. The van der Waals surface area contributed by atoms with Gasteiger partial charge in [0.15, 0.2) is 11.2 Å². The van der Waals surface area contributed by atoms with Gasteiger partial charge in [-0.3, -0.25) is 9.89 Å². The van der Waals surface area contributed by atoms with E-state index in [0.29, 0.717) is 24.8 Å². The molecule has 5 aliphatic rings. The number of hydrogen-bond acceptors (Lipinski definition) is 9. The molecule has 2 aromatic rings. The molecule has 4 heterocycles. The van der Waals surface area contributed by atoms with E-state index >= 15 is 0 Å². The fourth-order valence-electron chi connectivity index (χ4n) is 7.26. The Bertz CT molecular complexity index is 1320. The van der Waals surface area contributed by atoms with Gasteiger partial charge in [0.1, 0.15) is 0 Å². The number of rotatable bonds is 6. The van der Waals surface area contributed by atoms with E-state index in [9.17, 15) is 4.79 Å². The number of nitrogen functional groups attached to an aromatic ring is 1. The molecule has 2 aromatic heterocycles. The minimum atomic E-state index is -0.305. The normalized spacial score (nSPS) is 25.6. The lowest BCUT2D eigenvalue weighted by molar-refractivity contribution is -0.000677. The smallest absolute Gasteiger partial charge is 0.274 e. The number of piperidine rings is 1. The van der Waals surface area contributed by atoms with E-state index in [1.807, 2.05) is 0 Å². The lowest BCUT2D eigenvalue weighted by atomic mass is 9.73. The molecule has 2 aliphatic heterocycles. The van der Waals surface area contributed by atoms with Crippen LogP contribution in [0.1, 0.15) is 86.8 Å². The van der Waals surface area contributed by atoms with Crippen LogP contribution in [0.2, 0.25) is 0 Å². The number of nitrogens with zero attached hydrogens (tertiary/aromatic N) is 4. The summed E-state index contributed by atoms with van der Waals surface area (Å²) in [6.45, 7) is 7.06.